The van der Waals surface area contributed by atoms with E-state index in [0.29, 0.717) is 18.4 Å². The van der Waals surface area contributed by atoms with Crippen LogP contribution in [0.2, 0.25) is 0 Å². The highest BCUT2D eigenvalue weighted by atomic mass is 32.2. The first-order chi connectivity index (χ1) is 9.81. The van der Waals surface area contributed by atoms with E-state index in [0.717, 1.165) is 25.1 Å². The second-order valence-corrected chi connectivity index (χ2v) is 8.55. The van der Waals surface area contributed by atoms with Crippen LogP contribution in [0.15, 0.2) is 18.2 Å². The third-order valence-corrected chi connectivity index (χ3v) is 6.66. The Balaban J connectivity index is 1.80. The summed E-state index contributed by atoms with van der Waals surface area (Å²) in [6.07, 6.45) is 2.12. The molecule has 0 spiro atoms. The van der Waals surface area contributed by atoms with Gasteiger partial charge in [-0.1, -0.05) is 6.07 Å². The lowest BCUT2D eigenvalue weighted by molar-refractivity contribution is 0.0980. The summed E-state index contributed by atoms with van der Waals surface area (Å²) in [5.74, 6) is -0.523. The summed E-state index contributed by atoms with van der Waals surface area (Å²) < 4.78 is 25.6. The van der Waals surface area contributed by atoms with E-state index in [-0.39, 0.29) is 0 Å². The molecule has 0 bridgehead atoms. The number of benzene rings is 1. The highest BCUT2D eigenvalue weighted by Gasteiger charge is 2.50. The molecule has 0 aromatic heterocycles. The number of nitrogens with zero attached hydrogens (tertiary/aromatic N) is 1. The van der Waals surface area contributed by atoms with Gasteiger partial charge in [0.05, 0.1) is 4.75 Å². The van der Waals surface area contributed by atoms with Gasteiger partial charge in [-0.2, -0.15) is 0 Å². The van der Waals surface area contributed by atoms with Gasteiger partial charge in [0.25, 0.3) is 5.91 Å². The summed E-state index contributed by atoms with van der Waals surface area (Å²) in [6.45, 7) is 3.49. The maximum absolute atomic E-state index is 12.2. The molecule has 1 aliphatic carbocycles. The van der Waals surface area contributed by atoms with Gasteiger partial charge >= 0.3 is 0 Å². The molecule has 0 saturated heterocycles. The summed E-state index contributed by atoms with van der Waals surface area (Å²) in [6, 6.07) is 5.45. The lowest BCUT2D eigenvalue weighted by Gasteiger charge is -2.25. The molecule has 114 valence electrons. The van der Waals surface area contributed by atoms with Crippen LogP contribution >= 0.6 is 0 Å². The number of fused-ring (bicyclic) bond motifs is 1. The quantitative estimate of drug-likeness (QED) is 0.913. The van der Waals surface area contributed by atoms with Crippen molar-refractivity contribution in [2.45, 2.75) is 37.5 Å². The topological polar surface area (TPSA) is 66.5 Å². The van der Waals surface area contributed by atoms with Crippen LogP contribution in [0.5, 0.6) is 0 Å². The predicted molar refractivity (Wildman–Crippen MR) is 80.5 cm³/mol. The normalized spacial score (nSPS) is 20.7. The second kappa shape index (κ2) is 4.81. The molecule has 0 radical (unpaired) electrons. The van der Waals surface area contributed by atoms with E-state index >= 15 is 0 Å². The first-order valence-corrected chi connectivity index (χ1v) is 8.66. The van der Waals surface area contributed by atoms with Crippen LogP contribution in [0, 0.1) is 0 Å². The molecule has 0 unspecified atom stereocenters. The Bertz CT molecular complexity index is 693. The summed E-state index contributed by atoms with van der Waals surface area (Å²) in [7, 11) is -1.51. The number of carbonyl (C=O) groups is 1. The number of sulfonamides is 1. The van der Waals surface area contributed by atoms with Crippen molar-refractivity contribution >= 4 is 15.9 Å². The highest BCUT2D eigenvalue weighted by Crippen LogP contribution is 2.42. The molecular formula is C15H20N2O3S. The van der Waals surface area contributed by atoms with E-state index in [1.165, 1.54) is 5.56 Å². The Kier molecular flexibility index (Phi) is 3.33. The molecule has 1 amide bonds. The Hall–Kier alpha value is -1.40. The molecule has 1 fully saturated rings. The van der Waals surface area contributed by atoms with Crippen LogP contribution in [0.1, 0.15) is 41.3 Å². The maximum atomic E-state index is 12.2. The van der Waals surface area contributed by atoms with Gasteiger partial charge in [-0.25, -0.2) is 13.1 Å². The van der Waals surface area contributed by atoms with Crippen molar-refractivity contribution in [3.63, 3.8) is 0 Å². The largest absolute Gasteiger partial charge is 0.302 e. The summed E-state index contributed by atoms with van der Waals surface area (Å²) in [4.78, 5) is 14.4. The van der Waals surface area contributed by atoms with Crippen molar-refractivity contribution in [2.24, 2.45) is 0 Å². The standard InChI is InChI=1S/C15H20N2O3S/c1-15(6-7-15)21(19,20)16-14(18)12-3-4-13-10-17(2)8-5-11(13)9-12/h3-4,9H,5-8,10H2,1-2H3,(H,16,18). The molecule has 1 aliphatic heterocycles. The third-order valence-electron chi connectivity index (χ3n) is 4.50. The van der Waals surface area contributed by atoms with E-state index in [1.54, 1.807) is 13.0 Å². The number of hydrogen-bond acceptors (Lipinski definition) is 4. The Labute approximate surface area is 125 Å². The molecule has 1 aromatic rings. The van der Waals surface area contributed by atoms with Gasteiger partial charge in [-0.05, 0) is 56.5 Å². The van der Waals surface area contributed by atoms with Crippen molar-refractivity contribution in [3.8, 4) is 0 Å². The molecule has 21 heavy (non-hydrogen) atoms. The third kappa shape index (κ3) is 2.70. The fourth-order valence-corrected chi connectivity index (χ4v) is 3.83. The molecule has 1 saturated carbocycles. The van der Waals surface area contributed by atoms with Crippen LogP contribution in [0.25, 0.3) is 0 Å². The number of amides is 1. The van der Waals surface area contributed by atoms with Gasteiger partial charge in [0.15, 0.2) is 0 Å². The van der Waals surface area contributed by atoms with Crippen LogP contribution in [-0.4, -0.2) is 37.6 Å². The lowest BCUT2D eigenvalue weighted by Crippen LogP contribution is -2.38. The van der Waals surface area contributed by atoms with Crippen molar-refractivity contribution in [1.29, 1.82) is 0 Å². The summed E-state index contributed by atoms with van der Waals surface area (Å²) in [5, 5.41) is 0. The number of hydrogen-bond donors (Lipinski definition) is 1. The van der Waals surface area contributed by atoms with Crippen molar-refractivity contribution in [3.05, 3.63) is 34.9 Å². The van der Waals surface area contributed by atoms with Crippen LogP contribution in [0.4, 0.5) is 0 Å². The van der Waals surface area contributed by atoms with Crippen molar-refractivity contribution in [2.75, 3.05) is 13.6 Å². The Morgan fingerprint density at radius 3 is 2.67 bits per heavy atom. The zero-order valence-corrected chi connectivity index (χ0v) is 13.2. The van der Waals surface area contributed by atoms with E-state index in [9.17, 15) is 13.2 Å². The minimum absolute atomic E-state index is 0.422. The fourth-order valence-electron chi connectivity index (χ4n) is 2.58. The molecule has 1 aromatic carbocycles. The first kappa shape index (κ1) is 14.5. The number of likely N-dealkylation sites (N-methyl/N-ethyl adjacent to an activating group) is 1. The number of rotatable bonds is 3. The monoisotopic (exact) mass is 308 g/mol. The molecule has 6 heteroatoms. The van der Waals surface area contributed by atoms with Gasteiger partial charge in [0.2, 0.25) is 10.0 Å². The van der Waals surface area contributed by atoms with Crippen LogP contribution in [-0.2, 0) is 23.0 Å². The average Bonchev–Trinajstić information content (AvgIpc) is 3.17. The van der Waals surface area contributed by atoms with E-state index in [2.05, 4.69) is 16.7 Å². The SMILES string of the molecule is CN1CCc2cc(C(=O)NS(=O)(=O)C3(C)CC3)ccc2C1. The molecule has 0 atom stereocenters. The number of carbonyl (C=O) groups excluding carboxylic acids is 1. The van der Waals surface area contributed by atoms with Crippen LogP contribution in [0.3, 0.4) is 0 Å². The molecule has 5 nitrogen and oxygen atoms in total. The van der Waals surface area contributed by atoms with Gasteiger partial charge in [0.1, 0.15) is 0 Å². The van der Waals surface area contributed by atoms with Gasteiger partial charge in [-0.3, -0.25) is 4.79 Å². The minimum Gasteiger partial charge on any atom is -0.302 e. The van der Waals surface area contributed by atoms with Gasteiger partial charge < -0.3 is 4.90 Å². The summed E-state index contributed by atoms with van der Waals surface area (Å²) >= 11 is 0. The average molecular weight is 308 g/mol. The van der Waals surface area contributed by atoms with Crippen molar-refractivity contribution in [1.82, 2.24) is 9.62 Å². The zero-order valence-electron chi connectivity index (χ0n) is 12.3. The molecular weight excluding hydrogens is 288 g/mol. The zero-order chi connectivity index (χ0) is 15.3. The minimum atomic E-state index is -3.57. The molecule has 2 aliphatic rings. The summed E-state index contributed by atoms with van der Waals surface area (Å²) in [5.41, 5.74) is 2.76. The van der Waals surface area contributed by atoms with E-state index in [1.807, 2.05) is 12.1 Å². The smallest absolute Gasteiger partial charge is 0.264 e. The van der Waals surface area contributed by atoms with E-state index < -0.39 is 20.7 Å². The van der Waals surface area contributed by atoms with Gasteiger partial charge in [-0.15, -0.1) is 0 Å². The molecule has 3 rings (SSSR count). The Morgan fingerprint density at radius 1 is 1.29 bits per heavy atom. The maximum Gasteiger partial charge on any atom is 0.264 e. The first-order valence-electron chi connectivity index (χ1n) is 7.18. The highest BCUT2D eigenvalue weighted by molar-refractivity contribution is 7.91. The lowest BCUT2D eigenvalue weighted by atomic mass is 9.97. The second-order valence-electron chi connectivity index (χ2n) is 6.36. The Morgan fingerprint density at radius 2 is 2.00 bits per heavy atom. The van der Waals surface area contributed by atoms with Crippen molar-refractivity contribution < 1.29 is 13.2 Å². The molecule has 1 heterocycles. The van der Waals surface area contributed by atoms with E-state index in [4.69, 9.17) is 0 Å². The fraction of sp³-hybridized carbons (Fsp3) is 0.533. The van der Waals surface area contributed by atoms with Gasteiger partial charge in [0, 0.05) is 18.7 Å². The molecule has 1 N–H and O–H groups in total. The van der Waals surface area contributed by atoms with Crippen LogP contribution < -0.4 is 4.72 Å². The predicted octanol–water partition coefficient (Wildman–Crippen LogP) is 1.29. The number of nitrogens with one attached hydrogen (secondary N) is 1.